The first kappa shape index (κ1) is 21.8. The smallest absolute Gasteiger partial charge is 0.252 e. The summed E-state index contributed by atoms with van der Waals surface area (Å²) < 4.78 is 16.4. The number of carbonyl (C=O) groups excluding carboxylic acids is 1. The number of ether oxygens (including phenoxy) is 2. The van der Waals surface area contributed by atoms with Crippen LogP contribution in [-0.2, 0) is 28.8 Å². The van der Waals surface area contributed by atoms with Crippen molar-refractivity contribution in [3.8, 4) is 0 Å². The van der Waals surface area contributed by atoms with Gasteiger partial charge in [0.2, 0.25) is 0 Å². The fourth-order valence-electron chi connectivity index (χ4n) is 6.62. The van der Waals surface area contributed by atoms with E-state index in [2.05, 4.69) is 32.7 Å². The van der Waals surface area contributed by atoms with Crippen molar-refractivity contribution >= 4 is 49.5 Å². The number of methoxy groups -OCH3 is 1. The van der Waals surface area contributed by atoms with Crippen LogP contribution >= 0.6 is 0 Å². The molecule has 184 valence electrons. The van der Waals surface area contributed by atoms with Gasteiger partial charge in [0.05, 0.1) is 28.7 Å². The molecule has 0 bridgehead atoms. The van der Waals surface area contributed by atoms with Gasteiger partial charge in [-0.15, -0.1) is 0 Å². The lowest BCUT2D eigenvalue weighted by molar-refractivity contribution is -0.268. The molecule has 4 atom stereocenters. The lowest BCUT2D eigenvalue weighted by Gasteiger charge is -2.46. The van der Waals surface area contributed by atoms with Crippen LogP contribution in [-0.4, -0.2) is 57.3 Å². The fraction of sp³-hybridized carbons (Fsp3) is 0.321. The van der Waals surface area contributed by atoms with Crippen LogP contribution < -0.4 is 5.32 Å². The van der Waals surface area contributed by atoms with Gasteiger partial charge in [0.15, 0.2) is 5.72 Å². The Bertz CT molecular complexity index is 1730. The summed E-state index contributed by atoms with van der Waals surface area (Å²) in [6.45, 7) is 2.30. The van der Waals surface area contributed by atoms with Crippen LogP contribution in [0.4, 0.5) is 0 Å². The predicted octanol–water partition coefficient (Wildman–Crippen LogP) is 3.12. The molecule has 5 aromatic rings. The number of aliphatic hydroxyl groups is 2. The maximum Gasteiger partial charge on any atom is 0.252 e. The molecule has 2 aliphatic rings. The number of hydrogen-bond acceptors (Lipinski definition) is 5. The molecule has 36 heavy (non-hydrogen) atoms. The summed E-state index contributed by atoms with van der Waals surface area (Å²) in [5.74, 6) is -0.0708. The number of benzene rings is 3. The zero-order chi connectivity index (χ0) is 24.9. The molecule has 0 unspecified atom stereocenters. The van der Waals surface area contributed by atoms with E-state index >= 15 is 0 Å². The highest BCUT2D eigenvalue weighted by Crippen LogP contribution is 2.48. The summed E-state index contributed by atoms with van der Waals surface area (Å²) >= 11 is 0. The van der Waals surface area contributed by atoms with Gasteiger partial charge in [0.25, 0.3) is 5.91 Å². The number of carbonyl (C=O) groups is 1. The Morgan fingerprint density at radius 2 is 1.69 bits per heavy atom. The second kappa shape index (κ2) is 7.30. The summed E-state index contributed by atoms with van der Waals surface area (Å²) in [4.78, 5) is 13.2. The van der Waals surface area contributed by atoms with E-state index in [-0.39, 0.29) is 12.5 Å². The number of amides is 1. The first-order chi connectivity index (χ1) is 17.4. The van der Waals surface area contributed by atoms with Gasteiger partial charge in [0, 0.05) is 47.8 Å². The second-order valence-electron chi connectivity index (χ2n) is 9.99. The molecule has 4 heterocycles. The van der Waals surface area contributed by atoms with E-state index in [1.165, 1.54) is 7.11 Å². The number of rotatable bonds is 2. The summed E-state index contributed by atoms with van der Waals surface area (Å²) in [5, 5.41) is 28.3. The monoisotopic (exact) mass is 485 g/mol. The van der Waals surface area contributed by atoms with Crippen molar-refractivity contribution in [1.82, 2.24) is 14.5 Å². The Kier molecular flexibility index (Phi) is 4.43. The molecule has 0 spiro atoms. The lowest BCUT2D eigenvalue weighted by Crippen LogP contribution is -2.60. The van der Waals surface area contributed by atoms with Crippen LogP contribution in [0.15, 0.2) is 48.5 Å². The Morgan fingerprint density at radius 1 is 1.03 bits per heavy atom. The maximum atomic E-state index is 13.2. The highest BCUT2D eigenvalue weighted by molar-refractivity contribution is 6.30. The van der Waals surface area contributed by atoms with Gasteiger partial charge in [-0.3, -0.25) is 4.79 Å². The summed E-state index contributed by atoms with van der Waals surface area (Å²) in [7, 11) is 3.54. The molecule has 1 amide bonds. The van der Waals surface area contributed by atoms with E-state index in [9.17, 15) is 15.0 Å². The third-order valence-electron chi connectivity index (χ3n) is 8.19. The zero-order valence-corrected chi connectivity index (χ0v) is 20.3. The van der Waals surface area contributed by atoms with Gasteiger partial charge in [-0.25, -0.2) is 0 Å². The van der Waals surface area contributed by atoms with Gasteiger partial charge in [-0.2, -0.15) is 0 Å². The number of para-hydroxylation sites is 2. The van der Waals surface area contributed by atoms with Crippen LogP contribution in [0.5, 0.6) is 0 Å². The summed E-state index contributed by atoms with van der Waals surface area (Å²) in [6.07, 6.45) is -3.02. The number of nitrogens with one attached hydrogen (secondary N) is 1. The summed E-state index contributed by atoms with van der Waals surface area (Å²) in [5.41, 5.74) is 4.29. The lowest BCUT2D eigenvalue weighted by atomic mass is 9.94. The Labute approximate surface area is 206 Å². The number of aliphatic hydroxyl groups excluding tert-OH is 2. The molecule has 8 nitrogen and oxygen atoms in total. The molecule has 3 aromatic carbocycles. The van der Waals surface area contributed by atoms with Crippen molar-refractivity contribution in [2.24, 2.45) is 7.05 Å². The molecule has 0 saturated carbocycles. The van der Waals surface area contributed by atoms with Crippen LogP contribution in [0, 0.1) is 0 Å². The van der Waals surface area contributed by atoms with Crippen LogP contribution in [0.3, 0.4) is 0 Å². The SMILES string of the molecule is CO[C@@H]1[C@@H](O)[C@@H](O)CO[C@]1(C)n1c2ccccc2c2c3c(c4c5ccccc5n(C)c4c21)C(=O)NC3. The standard InChI is InChI=1S/C28H27N3O5/c1-28(26(35-3)25(33)19(32)13-36-28)31-18-11-7-5-9-15(18)20-16-12-29-27(34)22(16)21-14-8-4-6-10-17(14)30(2)23(21)24(20)31/h4-11,19,25-26,32-33H,12-13H2,1-3H3,(H,29,34)/t19-,25-,26+,28-/m0/s1. The molecule has 2 aliphatic heterocycles. The quantitative estimate of drug-likeness (QED) is 0.357. The largest absolute Gasteiger partial charge is 0.388 e. The highest BCUT2D eigenvalue weighted by atomic mass is 16.6. The van der Waals surface area contributed by atoms with E-state index in [0.29, 0.717) is 12.1 Å². The average Bonchev–Trinajstić information content (AvgIpc) is 3.52. The Balaban J connectivity index is 1.76. The van der Waals surface area contributed by atoms with Crippen molar-refractivity contribution in [2.75, 3.05) is 13.7 Å². The Morgan fingerprint density at radius 3 is 2.42 bits per heavy atom. The molecule has 1 fully saturated rings. The van der Waals surface area contributed by atoms with Gasteiger partial charge >= 0.3 is 0 Å². The average molecular weight is 486 g/mol. The molecular formula is C28H27N3O5. The van der Waals surface area contributed by atoms with Crippen molar-refractivity contribution < 1.29 is 24.5 Å². The van der Waals surface area contributed by atoms with Crippen LogP contribution in [0.1, 0.15) is 22.8 Å². The minimum absolute atomic E-state index is 0.0330. The van der Waals surface area contributed by atoms with Crippen molar-refractivity contribution in [3.05, 3.63) is 59.7 Å². The van der Waals surface area contributed by atoms with Crippen molar-refractivity contribution in [3.63, 3.8) is 0 Å². The molecule has 0 radical (unpaired) electrons. The first-order valence-electron chi connectivity index (χ1n) is 12.1. The zero-order valence-electron chi connectivity index (χ0n) is 20.3. The van der Waals surface area contributed by atoms with Crippen molar-refractivity contribution in [1.29, 1.82) is 0 Å². The highest BCUT2D eigenvalue weighted by Gasteiger charge is 2.50. The van der Waals surface area contributed by atoms with Crippen molar-refractivity contribution in [2.45, 2.75) is 37.5 Å². The minimum atomic E-state index is -1.14. The number of nitrogens with zero attached hydrogens (tertiary/aromatic N) is 2. The second-order valence-corrected chi connectivity index (χ2v) is 9.99. The minimum Gasteiger partial charge on any atom is -0.388 e. The third kappa shape index (κ3) is 2.49. The number of aryl methyl sites for hydroxylation is 1. The van der Waals surface area contributed by atoms with E-state index in [1.54, 1.807) is 0 Å². The van der Waals surface area contributed by atoms with Crippen LogP contribution in [0.25, 0.3) is 43.6 Å². The number of hydrogen-bond donors (Lipinski definition) is 3. The molecule has 0 aliphatic carbocycles. The molecule has 7 rings (SSSR count). The van der Waals surface area contributed by atoms with E-state index in [4.69, 9.17) is 9.47 Å². The van der Waals surface area contributed by atoms with E-state index in [0.717, 1.165) is 49.2 Å². The van der Waals surface area contributed by atoms with E-state index in [1.807, 2.05) is 44.3 Å². The van der Waals surface area contributed by atoms with Gasteiger partial charge < -0.3 is 34.1 Å². The number of aromatic nitrogens is 2. The topological polar surface area (TPSA) is 97.9 Å². The maximum absolute atomic E-state index is 13.2. The third-order valence-corrected chi connectivity index (χ3v) is 8.19. The number of fused-ring (bicyclic) bond motifs is 10. The molecule has 2 aromatic heterocycles. The normalized spacial score (nSPS) is 26.4. The van der Waals surface area contributed by atoms with Crippen LogP contribution in [0.2, 0.25) is 0 Å². The molecule has 1 saturated heterocycles. The molecule has 8 heteroatoms. The molecular weight excluding hydrogens is 458 g/mol. The Hall–Kier alpha value is -3.43. The molecule has 3 N–H and O–H groups in total. The van der Waals surface area contributed by atoms with Gasteiger partial charge in [-0.1, -0.05) is 36.4 Å². The summed E-state index contributed by atoms with van der Waals surface area (Å²) in [6, 6.07) is 16.2. The van der Waals surface area contributed by atoms with Gasteiger partial charge in [-0.05, 0) is 24.6 Å². The first-order valence-corrected chi connectivity index (χ1v) is 12.1. The fourth-order valence-corrected chi connectivity index (χ4v) is 6.62. The predicted molar refractivity (Wildman–Crippen MR) is 137 cm³/mol. The van der Waals surface area contributed by atoms with Gasteiger partial charge in [0.1, 0.15) is 18.3 Å². The van der Waals surface area contributed by atoms with E-state index < -0.39 is 24.0 Å².